The molecule has 8 heteroatoms. The molecule has 3 N–H and O–H groups in total. The zero-order chi connectivity index (χ0) is 11.1. The highest BCUT2D eigenvalue weighted by atomic mass is 16.2. The monoisotopic (exact) mass is 217 g/mol. The lowest BCUT2D eigenvalue weighted by atomic mass is 10.5. The molecule has 0 amide bonds. The van der Waals surface area contributed by atoms with Crippen LogP contribution in [0.25, 0.3) is 11.5 Å². The maximum absolute atomic E-state index is 11.3. The second kappa shape index (κ2) is 2.92. The molecule has 80 valence electrons. The van der Waals surface area contributed by atoms with E-state index in [4.69, 9.17) is 5.73 Å². The first-order valence-corrected chi connectivity index (χ1v) is 4.50. The van der Waals surface area contributed by atoms with Crippen molar-refractivity contribution < 1.29 is 0 Å². The molecule has 3 aromatic rings. The summed E-state index contributed by atoms with van der Waals surface area (Å²) in [5, 5.41) is 14.1. The molecule has 3 aromatic heterocycles. The lowest BCUT2D eigenvalue weighted by molar-refractivity contribution is 0.781. The van der Waals surface area contributed by atoms with Gasteiger partial charge in [0, 0.05) is 12.3 Å². The first kappa shape index (κ1) is 8.65. The number of nitrogens with one attached hydrogen (secondary N) is 1. The highest BCUT2D eigenvalue weighted by Gasteiger charge is 2.04. The van der Waals surface area contributed by atoms with Gasteiger partial charge in [-0.1, -0.05) is 0 Å². The van der Waals surface area contributed by atoms with Crippen molar-refractivity contribution in [3.05, 3.63) is 34.9 Å². The Balaban J connectivity index is 2.25. The fourth-order valence-corrected chi connectivity index (χ4v) is 1.38. The van der Waals surface area contributed by atoms with Crippen LogP contribution in [0.4, 0.5) is 5.82 Å². The number of nitrogen functional groups attached to an aromatic ring is 1. The van der Waals surface area contributed by atoms with Crippen LogP contribution < -0.4 is 11.4 Å². The van der Waals surface area contributed by atoms with Gasteiger partial charge in [0.2, 0.25) is 0 Å². The normalized spacial score (nSPS) is 11.0. The van der Waals surface area contributed by atoms with Gasteiger partial charge in [-0.25, -0.2) is 14.6 Å². The zero-order valence-corrected chi connectivity index (χ0v) is 8.03. The molecule has 16 heavy (non-hydrogen) atoms. The molecule has 0 spiro atoms. The lowest BCUT2D eigenvalue weighted by Gasteiger charge is -1.98. The summed E-state index contributed by atoms with van der Waals surface area (Å²) in [6, 6.07) is 5.00. The number of hydrogen-bond donors (Lipinski definition) is 2. The summed E-state index contributed by atoms with van der Waals surface area (Å²) < 4.78 is 2.64. The summed E-state index contributed by atoms with van der Waals surface area (Å²) in [4.78, 5) is 11.3. The van der Waals surface area contributed by atoms with Gasteiger partial charge in [-0.3, -0.25) is 0 Å². The van der Waals surface area contributed by atoms with E-state index in [0.717, 1.165) is 4.52 Å². The summed E-state index contributed by atoms with van der Waals surface area (Å²) >= 11 is 0. The van der Waals surface area contributed by atoms with Crippen molar-refractivity contribution >= 4 is 11.5 Å². The second-order valence-electron chi connectivity index (χ2n) is 3.18. The lowest BCUT2D eigenvalue weighted by Crippen LogP contribution is -2.14. The fourth-order valence-electron chi connectivity index (χ4n) is 1.38. The van der Waals surface area contributed by atoms with Crippen LogP contribution in [0.5, 0.6) is 0 Å². The SMILES string of the molecule is Nc1ccn(-c2ccc3n[nH]c(=O)n3n2)n1. The number of rotatable bonds is 1. The maximum atomic E-state index is 11.3. The average molecular weight is 217 g/mol. The molecular formula is C8H7N7O. The van der Waals surface area contributed by atoms with E-state index in [9.17, 15) is 4.79 Å². The molecule has 0 aromatic carbocycles. The van der Waals surface area contributed by atoms with Gasteiger partial charge < -0.3 is 5.73 Å². The van der Waals surface area contributed by atoms with Crippen LogP contribution in [0.1, 0.15) is 0 Å². The van der Waals surface area contributed by atoms with E-state index in [1.54, 1.807) is 24.4 Å². The van der Waals surface area contributed by atoms with E-state index in [0.29, 0.717) is 17.3 Å². The second-order valence-corrected chi connectivity index (χ2v) is 3.18. The van der Waals surface area contributed by atoms with E-state index in [-0.39, 0.29) is 0 Å². The molecule has 0 bridgehead atoms. The highest BCUT2D eigenvalue weighted by molar-refractivity contribution is 5.38. The van der Waals surface area contributed by atoms with Crippen LogP contribution in [0.2, 0.25) is 0 Å². The molecule has 0 saturated heterocycles. The van der Waals surface area contributed by atoms with Crippen molar-refractivity contribution in [2.75, 3.05) is 5.73 Å². The average Bonchev–Trinajstić information content (AvgIpc) is 2.86. The number of anilines is 1. The van der Waals surface area contributed by atoms with Crippen molar-refractivity contribution in [2.45, 2.75) is 0 Å². The number of nitrogens with zero attached hydrogens (tertiary/aromatic N) is 5. The van der Waals surface area contributed by atoms with Gasteiger partial charge in [-0.2, -0.15) is 9.61 Å². The molecule has 8 nitrogen and oxygen atoms in total. The van der Waals surface area contributed by atoms with Gasteiger partial charge in [0.1, 0.15) is 5.82 Å². The zero-order valence-electron chi connectivity index (χ0n) is 8.03. The summed E-state index contributed by atoms with van der Waals surface area (Å²) in [5.41, 5.74) is 5.55. The molecule has 0 fully saturated rings. The predicted molar refractivity (Wildman–Crippen MR) is 55.1 cm³/mol. The molecule has 0 saturated carbocycles. The van der Waals surface area contributed by atoms with Crippen LogP contribution in [0, 0.1) is 0 Å². The predicted octanol–water partition coefficient (Wildman–Crippen LogP) is -0.815. The Labute approximate surface area is 88.3 Å². The third-order valence-electron chi connectivity index (χ3n) is 2.10. The Morgan fingerprint density at radius 3 is 2.88 bits per heavy atom. The summed E-state index contributed by atoms with van der Waals surface area (Å²) in [7, 11) is 0. The molecule has 0 atom stereocenters. The van der Waals surface area contributed by atoms with Crippen molar-refractivity contribution in [3.63, 3.8) is 0 Å². The molecule has 3 rings (SSSR count). The maximum Gasteiger partial charge on any atom is 0.364 e. The Bertz CT molecular complexity index is 706. The number of nitrogens with two attached hydrogens (primary N) is 1. The van der Waals surface area contributed by atoms with Crippen molar-refractivity contribution in [3.8, 4) is 5.82 Å². The van der Waals surface area contributed by atoms with Gasteiger partial charge >= 0.3 is 5.69 Å². The van der Waals surface area contributed by atoms with Gasteiger partial charge in [-0.15, -0.1) is 10.2 Å². The summed E-state index contributed by atoms with van der Waals surface area (Å²) in [5.74, 6) is 0.883. The van der Waals surface area contributed by atoms with E-state index >= 15 is 0 Å². The van der Waals surface area contributed by atoms with Crippen LogP contribution in [0.3, 0.4) is 0 Å². The number of fused-ring (bicyclic) bond motifs is 1. The van der Waals surface area contributed by atoms with Crippen LogP contribution in [0.15, 0.2) is 29.2 Å². The number of aromatic amines is 1. The minimum atomic E-state index is -0.392. The van der Waals surface area contributed by atoms with Crippen molar-refractivity contribution in [2.24, 2.45) is 0 Å². The third kappa shape index (κ3) is 1.16. The van der Waals surface area contributed by atoms with Gasteiger partial charge in [-0.05, 0) is 12.1 Å². The third-order valence-corrected chi connectivity index (χ3v) is 2.10. The minimum Gasteiger partial charge on any atom is -0.382 e. The van der Waals surface area contributed by atoms with Gasteiger partial charge in [0.15, 0.2) is 11.5 Å². The highest BCUT2D eigenvalue weighted by Crippen LogP contribution is 2.05. The smallest absolute Gasteiger partial charge is 0.364 e. The molecule has 0 unspecified atom stereocenters. The molecule has 0 aliphatic rings. The largest absolute Gasteiger partial charge is 0.382 e. The Hall–Kier alpha value is -2.64. The first-order chi connectivity index (χ1) is 7.74. The molecule has 0 aliphatic heterocycles. The molecule has 0 aliphatic carbocycles. The quantitative estimate of drug-likeness (QED) is 0.554. The summed E-state index contributed by atoms with van der Waals surface area (Å²) in [6.45, 7) is 0. The Kier molecular flexibility index (Phi) is 1.58. The summed E-state index contributed by atoms with van der Waals surface area (Å²) in [6.07, 6.45) is 1.66. The number of H-pyrrole nitrogens is 1. The topological polar surface area (TPSA) is 107 Å². The Morgan fingerprint density at radius 1 is 1.25 bits per heavy atom. The van der Waals surface area contributed by atoms with Gasteiger partial charge in [0.25, 0.3) is 0 Å². The van der Waals surface area contributed by atoms with E-state index in [1.807, 2.05) is 0 Å². The fraction of sp³-hybridized carbons (Fsp3) is 0. The van der Waals surface area contributed by atoms with E-state index in [2.05, 4.69) is 20.4 Å². The van der Waals surface area contributed by atoms with E-state index < -0.39 is 5.69 Å². The van der Waals surface area contributed by atoms with Crippen LogP contribution in [-0.2, 0) is 0 Å². The van der Waals surface area contributed by atoms with Crippen LogP contribution in [-0.4, -0.2) is 29.6 Å². The Morgan fingerprint density at radius 2 is 2.12 bits per heavy atom. The van der Waals surface area contributed by atoms with E-state index in [1.165, 1.54) is 4.68 Å². The van der Waals surface area contributed by atoms with Gasteiger partial charge in [0.05, 0.1) is 0 Å². The minimum absolute atomic E-state index is 0.390. The number of aromatic nitrogens is 6. The first-order valence-electron chi connectivity index (χ1n) is 4.50. The molecule has 3 heterocycles. The standard InChI is InChI=1S/C8H7N7O/c9-5-3-4-14(12-5)7-2-1-6-10-11-8(16)15(6)13-7/h1-4H,(H2,9,12)(H,11,16). The van der Waals surface area contributed by atoms with Crippen molar-refractivity contribution in [1.82, 2.24) is 29.6 Å². The molecule has 0 radical (unpaired) electrons. The number of hydrogen-bond acceptors (Lipinski definition) is 5. The van der Waals surface area contributed by atoms with Crippen LogP contribution >= 0.6 is 0 Å². The van der Waals surface area contributed by atoms with Crippen molar-refractivity contribution in [1.29, 1.82) is 0 Å². The molecular weight excluding hydrogens is 210 g/mol.